The molecule has 0 aromatic rings. The predicted molar refractivity (Wildman–Crippen MR) is 82.8 cm³/mol. The van der Waals surface area contributed by atoms with Gasteiger partial charge in [0.15, 0.2) is 0 Å². The average Bonchev–Trinajstić information content (AvgIpc) is 3.40. The molecule has 0 N–H and O–H groups in total. The predicted octanol–water partition coefficient (Wildman–Crippen LogP) is 1.17. The van der Waals surface area contributed by atoms with E-state index in [4.69, 9.17) is 18.9 Å². The zero-order chi connectivity index (χ0) is 17.5. The van der Waals surface area contributed by atoms with Gasteiger partial charge in [0.2, 0.25) is 0 Å². The lowest BCUT2D eigenvalue weighted by molar-refractivity contribution is -0.162. The molecule has 1 heterocycles. The summed E-state index contributed by atoms with van der Waals surface area (Å²) in [7, 11) is 0. The molecular weight excluding hydrogens is 316 g/mol. The van der Waals surface area contributed by atoms with Crippen molar-refractivity contribution in [1.82, 2.24) is 0 Å². The average molecular weight is 338 g/mol. The van der Waals surface area contributed by atoms with Crippen molar-refractivity contribution in [2.75, 3.05) is 26.4 Å². The summed E-state index contributed by atoms with van der Waals surface area (Å²) in [5, 5.41) is 0. The fraction of sp³-hybridized carbons (Fsp3) is 0.588. The molecule has 1 saturated heterocycles. The first kappa shape index (κ1) is 18.2. The number of epoxide rings is 1. The zero-order valence-electron chi connectivity index (χ0n) is 13.7. The van der Waals surface area contributed by atoms with Crippen LogP contribution < -0.4 is 0 Å². The second-order valence-electron chi connectivity index (χ2n) is 5.83. The summed E-state index contributed by atoms with van der Waals surface area (Å²) in [6, 6.07) is 0. The van der Waals surface area contributed by atoms with Crippen LogP contribution in [0.5, 0.6) is 0 Å². The molecular formula is C17H22O7. The Balaban J connectivity index is 1.84. The van der Waals surface area contributed by atoms with E-state index in [1.165, 1.54) is 0 Å². The highest BCUT2D eigenvalue weighted by Gasteiger charge is 2.38. The van der Waals surface area contributed by atoms with Gasteiger partial charge in [-0.2, -0.15) is 0 Å². The van der Waals surface area contributed by atoms with Crippen molar-refractivity contribution < 1.29 is 33.3 Å². The SMILES string of the molecule is C=CC(=O)OCCOC(=O)C1CC=C(C)CC1C(=O)OCC1CO1. The minimum absolute atomic E-state index is 0.0147. The summed E-state index contributed by atoms with van der Waals surface area (Å²) in [6.45, 7) is 5.90. The van der Waals surface area contributed by atoms with Crippen LogP contribution in [0.2, 0.25) is 0 Å². The zero-order valence-corrected chi connectivity index (χ0v) is 13.7. The van der Waals surface area contributed by atoms with Gasteiger partial charge in [0.1, 0.15) is 25.9 Å². The first-order valence-electron chi connectivity index (χ1n) is 7.91. The number of hydrogen-bond acceptors (Lipinski definition) is 7. The van der Waals surface area contributed by atoms with Gasteiger partial charge in [-0.3, -0.25) is 9.59 Å². The summed E-state index contributed by atoms with van der Waals surface area (Å²) in [5.74, 6) is -2.62. The molecule has 2 aliphatic rings. The molecule has 0 aromatic carbocycles. The van der Waals surface area contributed by atoms with Crippen LogP contribution in [0.3, 0.4) is 0 Å². The Kier molecular flexibility index (Phi) is 6.54. The Morgan fingerprint density at radius 3 is 2.54 bits per heavy atom. The number of carbonyl (C=O) groups is 3. The van der Waals surface area contributed by atoms with Crippen LogP contribution in [0.1, 0.15) is 19.8 Å². The second kappa shape index (κ2) is 8.63. The number of allylic oxidation sites excluding steroid dienone is 2. The first-order chi connectivity index (χ1) is 11.5. The van der Waals surface area contributed by atoms with Gasteiger partial charge >= 0.3 is 17.9 Å². The summed E-state index contributed by atoms with van der Waals surface area (Å²) in [4.78, 5) is 35.4. The van der Waals surface area contributed by atoms with Gasteiger partial charge in [-0.05, 0) is 19.8 Å². The van der Waals surface area contributed by atoms with E-state index < -0.39 is 29.7 Å². The number of carbonyl (C=O) groups excluding carboxylic acids is 3. The van der Waals surface area contributed by atoms with Crippen LogP contribution in [-0.4, -0.2) is 50.4 Å². The lowest BCUT2D eigenvalue weighted by atomic mass is 9.80. The Bertz CT molecular complexity index is 533. The molecule has 2 rings (SSSR count). The third-order valence-electron chi connectivity index (χ3n) is 3.91. The van der Waals surface area contributed by atoms with Crippen LogP contribution in [0.25, 0.3) is 0 Å². The summed E-state index contributed by atoms with van der Waals surface area (Å²) in [5.41, 5.74) is 1.04. The Hall–Kier alpha value is -2.15. The van der Waals surface area contributed by atoms with E-state index in [2.05, 4.69) is 6.58 Å². The quantitative estimate of drug-likeness (QED) is 0.164. The van der Waals surface area contributed by atoms with Gasteiger partial charge in [0.05, 0.1) is 18.4 Å². The van der Waals surface area contributed by atoms with Crippen LogP contribution in [0, 0.1) is 11.8 Å². The summed E-state index contributed by atoms with van der Waals surface area (Å²) < 4.78 is 20.1. The molecule has 0 radical (unpaired) electrons. The van der Waals surface area contributed by atoms with Crippen molar-refractivity contribution in [2.45, 2.75) is 25.9 Å². The smallest absolute Gasteiger partial charge is 0.330 e. The van der Waals surface area contributed by atoms with Crippen molar-refractivity contribution in [2.24, 2.45) is 11.8 Å². The Labute approximate surface area is 140 Å². The van der Waals surface area contributed by atoms with Crippen molar-refractivity contribution in [3.05, 3.63) is 24.3 Å². The van der Waals surface area contributed by atoms with Crippen LogP contribution >= 0.6 is 0 Å². The van der Waals surface area contributed by atoms with Crippen LogP contribution in [-0.2, 0) is 33.3 Å². The summed E-state index contributed by atoms with van der Waals surface area (Å²) >= 11 is 0. The molecule has 0 bridgehead atoms. The van der Waals surface area contributed by atoms with Crippen LogP contribution in [0.4, 0.5) is 0 Å². The Morgan fingerprint density at radius 1 is 1.21 bits per heavy atom. The van der Waals surface area contributed by atoms with Gasteiger partial charge in [-0.25, -0.2) is 4.79 Å². The van der Waals surface area contributed by atoms with Crippen molar-refractivity contribution in [3.8, 4) is 0 Å². The van der Waals surface area contributed by atoms with E-state index in [0.29, 0.717) is 19.4 Å². The fourth-order valence-corrected chi connectivity index (χ4v) is 2.47. The minimum Gasteiger partial charge on any atom is -0.463 e. The molecule has 1 aliphatic carbocycles. The molecule has 132 valence electrons. The lowest BCUT2D eigenvalue weighted by Crippen LogP contribution is -2.35. The molecule has 1 fully saturated rings. The molecule has 24 heavy (non-hydrogen) atoms. The minimum atomic E-state index is -0.587. The number of ether oxygens (including phenoxy) is 4. The largest absolute Gasteiger partial charge is 0.463 e. The topological polar surface area (TPSA) is 91.4 Å². The van der Waals surface area contributed by atoms with E-state index in [-0.39, 0.29) is 25.9 Å². The molecule has 3 unspecified atom stereocenters. The molecule has 0 spiro atoms. The number of hydrogen-bond donors (Lipinski definition) is 0. The maximum atomic E-state index is 12.3. The highest BCUT2D eigenvalue weighted by molar-refractivity contribution is 5.83. The van der Waals surface area contributed by atoms with E-state index >= 15 is 0 Å². The highest BCUT2D eigenvalue weighted by atomic mass is 16.6. The third-order valence-corrected chi connectivity index (χ3v) is 3.91. The number of rotatable bonds is 8. The fourth-order valence-electron chi connectivity index (χ4n) is 2.47. The van der Waals surface area contributed by atoms with E-state index in [0.717, 1.165) is 11.6 Å². The van der Waals surface area contributed by atoms with Crippen molar-refractivity contribution in [1.29, 1.82) is 0 Å². The molecule has 0 amide bonds. The molecule has 7 heteroatoms. The van der Waals surface area contributed by atoms with Gasteiger partial charge in [0.25, 0.3) is 0 Å². The molecule has 1 aliphatic heterocycles. The standard InChI is InChI=1S/C17H22O7/c1-3-15(18)21-6-7-22-16(19)13-5-4-11(2)8-14(13)17(20)24-10-12-9-23-12/h3-4,12-14H,1,5-10H2,2H3. The first-order valence-corrected chi connectivity index (χ1v) is 7.91. The molecule has 0 aromatic heterocycles. The Morgan fingerprint density at radius 2 is 1.88 bits per heavy atom. The normalized spacial score (nSPS) is 25.2. The summed E-state index contributed by atoms with van der Waals surface area (Å²) in [6.07, 6.45) is 3.84. The molecule has 0 saturated carbocycles. The molecule has 7 nitrogen and oxygen atoms in total. The van der Waals surface area contributed by atoms with Gasteiger partial charge in [0, 0.05) is 6.08 Å². The van der Waals surface area contributed by atoms with E-state index in [9.17, 15) is 14.4 Å². The van der Waals surface area contributed by atoms with Gasteiger partial charge < -0.3 is 18.9 Å². The van der Waals surface area contributed by atoms with Crippen molar-refractivity contribution >= 4 is 17.9 Å². The maximum absolute atomic E-state index is 12.3. The molecule has 3 atom stereocenters. The van der Waals surface area contributed by atoms with E-state index in [1.807, 2.05) is 13.0 Å². The second-order valence-corrected chi connectivity index (χ2v) is 5.83. The van der Waals surface area contributed by atoms with Gasteiger partial charge in [-0.1, -0.05) is 18.2 Å². The van der Waals surface area contributed by atoms with E-state index in [1.54, 1.807) is 0 Å². The third kappa shape index (κ3) is 5.49. The highest BCUT2D eigenvalue weighted by Crippen LogP contribution is 2.32. The maximum Gasteiger partial charge on any atom is 0.330 e. The van der Waals surface area contributed by atoms with Crippen molar-refractivity contribution in [3.63, 3.8) is 0 Å². The van der Waals surface area contributed by atoms with Crippen LogP contribution in [0.15, 0.2) is 24.3 Å². The number of esters is 3. The van der Waals surface area contributed by atoms with Gasteiger partial charge in [-0.15, -0.1) is 0 Å². The monoisotopic (exact) mass is 338 g/mol. The lowest BCUT2D eigenvalue weighted by Gasteiger charge is -2.27.